The van der Waals surface area contributed by atoms with Gasteiger partial charge in [0.15, 0.2) is 0 Å². The molecule has 164 valence electrons. The van der Waals surface area contributed by atoms with Crippen molar-refractivity contribution in [1.82, 2.24) is 0 Å². The fourth-order valence-electron chi connectivity index (χ4n) is 5.08. The molecule has 0 heteroatoms. The van der Waals surface area contributed by atoms with Crippen molar-refractivity contribution in [3.8, 4) is 0 Å². The molecule has 0 rings (SSSR count). The highest BCUT2D eigenvalue weighted by atomic mass is 14.3. The molecule has 0 aliphatic rings. The molecule has 0 aliphatic heterocycles. The summed E-state index contributed by atoms with van der Waals surface area (Å²) in [6, 6.07) is 0. The van der Waals surface area contributed by atoms with Crippen LogP contribution in [0.5, 0.6) is 0 Å². The summed E-state index contributed by atoms with van der Waals surface area (Å²) in [7, 11) is 0. The predicted molar refractivity (Wildman–Crippen MR) is 126 cm³/mol. The van der Waals surface area contributed by atoms with Crippen molar-refractivity contribution < 1.29 is 0 Å². The highest BCUT2D eigenvalue weighted by Crippen LogP contribution is 2.34. The van der Waals surface area contributed by atoms with Gasteiger partial charge in [0.25, 0.3) is 0 Å². The molecule has 5 atom stereocenters. The van der Waals surface area contributed by atoms with Gasteiger partial charge in [0.05, 0.1) is 0 Å². The van der Waals surface area contributed by atoms with Gasteiger partial charge in [-0.25, -0.2) is 0 Å². The zero-order valence-corrected chi connectivity index (χ0v) is 20.9. The number of rotatable bonds is 16. The first-order valence-corrected chi connectivity index (χ1v) is 12.6. The van der Waals surface area contributed by atoms with Crippen LogP contribution in [0.1, 0.15) is 139 Å². The van der Waals surface area contributed by atoms with Gasteiger partial charge >= 0.3 is 0 Å². The summed E-state index contributed by atoms with van der Waals surface area (Å²) < 4.78 is 0. The third kappa shape index (κ3) is 14.6. The van der Waals surface area contributed by atoms with Crippen LogP contribution in [0.2, 0.25) is 0 Å². The van der Waals surface area contributed by atoms with E-state index >= 15 is 0 Å². The van der Waals surface area contributed by atoms with Crippen LogP contribution in [0.25, 0.3) is 0 Å². The molecule has 0 spiro atoms. The minimum atomic E-state index is 0.490. The van der Waals surface area contributed by atoms with E-state index in [4.69, 9.17) is 0 Å². The van der Waals surface area contributed by atoms with Crippen LogP contribution in [0.4, 0.5) is 0 Å². The second kappa shape index (κ2) is 14.9. The Morgan fingerprint density at radius 1 is 0.630 bits per heavy atom. The summed E-state index contributed by atoms with van der Waals surface area (Å²) >= 11 is 0. The lowest BCUT2D eigenvalue weighted by Crippen LogP contribution is -2.21. The van der Waals surface area contributed by atoms with Gasteiger partial charge in [0.1, 0.15) is 0 Å². The molecule has 0 bridgehead atoms. The molecule has 0 aliphatic carbocycles. The van der Waals surface area contributed by atoms with Gasteiger partial charge < -0.3 is 0 Å². The maximum Gasteiger partial charge on any atom is -0.0380 e. The summed E-state index contributed by atoms with van der Waals surface area (Å²) in [5.74, 6) is 4.55. The largest absolute Gasteiger partial charge is 0.0654 e. The summed E-state index contributed by atoms with van der Waals surface area (Å²) in [5.41, 5.74) is 0.490. The number of hydrogen-bond acceptors (Lipinski definition) is 0. The Morgan fingerprint density at radius 3 is 1.67 bits per heavy atom. The lowest BCUT2D eigenvalue weighted by atomic mass is 9.74. The molecular formula is C27H56. The monoisotopic (exact) mass is 380 g/mol. The van der Waals surface area contributed by atoms with Crippen molar-refractivity contribution in [3.63, 3.8) is 0 Å². The Balaban J connectivity index is 4.29. The molecule has 0 amide bonds. The van der Waals surface area contributed by atoms with Gasteiger partial charge in [0, 0.05) is 0 Å². The molecule has 0 aromatic rings. The van der Waals surface area contributed by atoms with E-state index in [1.165, 1.54) is 77.0 Å². The van der Waals surface area contributed by atoms with Gasteiger partial charge in [-0.2, -0.15) is 0 Å². The van der Waals surface area contributed by atoms with E-state index < -0.39 is 0 Å². The standard InChI is InChI=1S/C27H56/c1-10-12-18-24(5)25(6)26(19-13-11-2)20-22(3)16-14-15-17-23(4)21-27(7,8)9/h22-26H,10-21H2,1-9H3. The summed E-state index contributed by atoms with van der Waals surface area (Å²) in [6.45, 7) is 21.9. The molecule has 0 heterocycles. The molecular weight excluding hydrogens is 324 g/mol. The molecule has 27 heavy (non-hydrogen) atoms. The number of unbranched alkanes of at least 4 members (excludes halogenated alkanes) is 3. The van der Waals surface area contributed by atoms with Gasteiger partial charge in [-0.1, -0.05) is 127 Å². The van der Waals surface area contributed by atoms with E-state index in [1.807, 2.05) is 0 Å². The molecule has 0 saturated heterocycles. The topological polar surface area (TPSA) is 0 Å². The zero-order valence-electron chi connectivity index (χ0n) is 20.9. The normalized spacial score (nSPS) is 18.1. The Labute approximate surface area is 174 Å². The molecule has 0 N–H and O–H groups in total. The first-order valence-electron chi connectivity index (χ1n) is 12.6. The lowest BCUT2D eigenvalue weighted by molar-refractivity contribution is 0.193. The van der Waals surface area contributed by atoms with Gasteiger partial charge in [0.2, 0.25) is 0 Å². The van der Waals surface area contributed by atoms with Crippen molar-refractivity contribution in [2.75, 3.05) is 0 Å². The highest BCUT2D eigenvalue weighted by Gasteiger charge is 2.24. The van der Waals surface area contributed by atoms with E-state index in [2.05, 4.69) is 62.3 Å². The maximum absolute atomic E-state index is 2.56. The van der Waals surface area contributed by atoms with Crippen molar-refractivity contribution in [3.05, 3.63) is 0 Å². The molecule has 0 saturated carbocycles. The van der Waals surface area contributed by atoms with Crippen LogP contribution >= 0.6 is 0 Å². The summed E-state index contributed by atoms with van der Waals surface area (Å²) in [4.78, 5) is 0. The zero-order chi connectivity index (χ0) is 20.9. The number of hydrogen-bond donors (Lipinski definition) is 0. The first-order chi connectivity index (χ1) is 12.6. The molecule has 0 fully saturated rings. The van der Waals surface area contributed by atoms with Crippen molar-refractivity contribution in [2.45, 2.75) is 139 Å². The van der Waals surface area contributed by atoms with Crippen molar-refractivity contribution >= 4 is 0 Å². The quantitative estimate of drug-likeness (QED) is 0.234. The minimum absolute atomic E-state index is 0.490. The van der Waals surface area contributed by atoms with Crippen LogP contribution < -0.4 is 0 Å². The fourth-order valence-corrected chi connectivity index (χ4v) is 5.08. The van der Waals surface area contributed by atoms with Crippen LogP contribution in [0.3, 0.4) is 0 Å². The molecule has 0 radical (unpaired) electrons. The van der Waals surface area contributed by atoms with Gasteiger partial charge in [-0.15, -0.1) is 0 Å². The second-order valence-electron chi connectivity index (χ2n) is 11.4. The Bertz CT molecular complexity index is 323. The van der Waals surface area contributed by atoms with Crippen LogP contribution in [-0.2, 0) is 0 Å². The summed E-state index contributed by atoms with van der Waals surface area (Å²) in [6.07, 6.45) is 17.0. The Hall–Kier alpha value is 0. The van der Waals surface area contributed by atoms with E-state index in [9.17, 15) is 0 Å². The van der Waals surface area contributed by atoms with Crippen LogP contribution in [0.15, 0.2) is 0 Å². The molecule has 5 unspecified atom stereocenters. The SMILES string of the molecule is CCCCC(C)C(C)C(CCCC)CC(C)CCCCC(C)CC(C)(C)C. The minimum Gasteiger partial charge on any atom is -0.0654 e. The average Bonchev–Trinajstić information content (AvgIpc) is 2.58. The third-order valence-corrected chi connectivity index (χ3v) is 6.89. The van der Waals surface area contributed by atoms with Crippen LogP contribution in [0, 0.1) is 35.0 Å². The maximum atomic E-state index is 2.56. The molecule has 0 aromatic heterocycles. The van der Waals surface area contributed by atoms with E-state index in [1.54, 1.807) is 0 Å². The molecule has 0 aromatic carbocycles. The second-order valence-corrected chi connectivity index (χ2v) is 11.4. The predicted octanol–water partition coefficient (Wildman–Crippen LogP) is 9.91. The first kappa shape index (κ1) is 27.0. The lowest BCUT2D eigenvalue weighted by Gasteiger charge is -2.31. The fraction of sp³-hybridized carbons (Fsp3) is 1.00. The van der Waals surface area contributed by atoms with E-state index in [0.717, 1.165) is 29.6 Å². The average molecular weight is 381 g/mol. The third-order valence-electron chi connectivity index (χ3n) is 6.89. The van der Waals surface area contributed by atoms with E-state index in [0.29, 0.717) is 5.41 Å². The van der Waals surface area contributed by atoms with Gasteiger partial charge in [-0.05, 0) is 47.8 Å². The van der Waals surface area contributed by atoms with Gasteiger partial charge in [-0.3, -0.25) is 0 Å². The Morgan fingerprint density at radius 2 is 1.15 bits per heavy atom. The van der Waals surface area contributed by atoms with Crippen molar-refractivity contribution in [1.29, 1.82) is 0 Å². The highest BCUT2D eigenvalue weighted by molar-refractivity contribution is 4.74. The summed E-state index contributed by atoms with van der Waals surface area (Å²) in [5, 5.41) is 0. The van der Waals surface area contributed by atoms with Crippen LogP contribution in [-0.4, -0.2) is 0 Å². The molecule has 0 nitrogen and oxygen atoms in total. The Kier molecular flexibility index (Phi) is 14.9. The van der Waals surface area contributed by atoms with Crippen molar-refractivity contribution in [2.24, 2.45) is 35.0 Å². The smallest absolute Gasteiger partial charge is 0.0380 e. The van der Waals surface area contributed by atoms with E-state index in [-0.39, 0.29) is 0 Å².